The van der Waals surface area contributed by atoms with Crippen molar-refractivity contribution in [3.05, 3.63) is 52.2 Å². The number of rotatable bonds is 5. The van der Waals surface area contributed by atoms with Crippen LogP contribution in [0, 0.1) is 0 Å². The van der Waals surface area contributed by atoms with Crippen LogP contribution in [0.15, 0.2) is 47.4 Å². The van der Waals surface area contributed by atoms with E-state index in [9.17, 15) is 4.79 Å². The lowest BCUT2D eigenvalue weighted by atomic mass is 10.2. The topological polar surface area (TPSA) is 35.6 Å². The third-order valence-corrected chi connectivity index (χ3v) is 5.95. The summed E-state index contributed by atoms with van der Waals surface area (Å²) < 4.78 is 0. The number of thiophene rings is 1. The van der Waals surface area contributed by atoms with Crippen molar-refractivity contribution in [3.8, 4) is 0 Å². The Kier molecular flexibility index (Phi) is 5.09. The molecule has 1 aromatic heterocycles. The minimum Gasteiger partial charge on any atom is -0.369 e. The summed E-state index contributed by atoms with van der Waals surface area (Å²) in [5.74, 6) is -0.0517. The van der Waals surface area contributed by atoms with Gasteiger partial charge in [0, 0.05) is 54.0 Å². The van der Waals surface area contributed by atoms with Gasteiger partial charge in [0.25, 0.3) is 5.91 Å². The predicted molar refractivity (Wildman–Crippen MR) is 110 cm³/mol. The van der Waals surface area contributed by atoms with Crippen molar-refractivity contribution in [2.24, 2.45) is 0 Å². The maximum atomic E-state index is 12.3. The average Bonchev–Trinajstić information content (AvgIpc) is 3.40. The van der Waals surface area contributed by atoms with E-state index in [0.29, 0.717) is 5.57 Å². The van der Waals surface area contributed by atoms with E-state index in [1.54, 1.807) is 11.3 Å². The Morgan fingerprint density at radius 1 is 1.12 bits per heavy atom. The van der Waals surface area contributed by atoms with E-state index in [2.05, 4.69) is 27.2 Å². The van der Waals surface area contributed by atoms with Crippen LogP contribution in [0.2, 0.25) is 0 Å². The van der Waals surface area contributed by atoms with Crippen LogP contribution in [0.3, 0.4) is 0 Å². The lowest BCUT2D eigenvalue weighted by Gasteiger charge is -2.36. The van der Waals surface area contributed by atoms with Crippen LogP contribution in [0.4, 0.5) is 11.4 Å². The third-order valence-electron chi connectivity index (χ3n) is 5.13. The molecule has 0 unspecified atom stereocenters. The number of nitrogens with zero attached hydrogens (tertiary/aromatic N) is 2. The molecule has 1 saturated carbocycles. The lowest BCUT2D eigenvalue weighted by molar-refractivity contribution is -0.112. The minimum absolute atomic E-state index is 0.0517. The van der Waals surface area contributed by atoms with Gasteiger partial charge >= 0.3 is 0 Å². The van der Waals surface area contributed by atoms with Crippen LogP contribution >= 0.6 is 11.3 Å². The highest BCUT2D eigenvalue weighted by atomic mass is 32.1. The molecular weight excluding hydrogens is 342 g/mol. The number of carbonyl (C=O) groups excluding carboxylic acids is 1. The molecular formula is C21H25N3OS. The van der Waals surface area contributed by atoms with E-state index in [1.165, 1.54) is 18.5 Å². The van der Waals surface area contributed by atoms with Crippen LogP contribution < -0.4 is 10.2 Å². The van der Waals surface area contributed by atoms with Crippen LogP contribution in [0.1, 0.15) is 24.6 Å². The Bertz CT molecular complexity index is 770. The molecule has 1 N–H and O–H groups in total. The summed E-state index contributed by atoms with van der Waals surface area (Å²) in [6.07, 6.45) is 4.69. The summed E-state index contributed by atoms with van der Waals surface area (Å²) in [6, 6.07) is 13.1. The molecule has 4 nitrogen and oxygen atoms in total. The molecule has 4 rings (SSSR count). The molecule has 2 heterocycles. The third kappa shape index (κ3) is 4.17. The first-order valence-corrected chi connectivity index (χ1v) is 10.2. The van der Waals surface area contributed by atoms with Gasteiger partial charge in [0.15, 0.2) is 0 Å². The second-order valence-electron chi connectivity index (χ2n) is 7.10. The standard InChI is InChI=1S/C21H25N3OS/c1-16(15-20-3-2-14-26-20)21(25)22-17-4-6-18(7-5-17)23-10-12-24(13-11-23)19-8-9-19/h2-7,14-15,19H,8-13H2,1H3,(H,22,25)/b16-15+. The summed E-state index contributed by atoms with van der Waals surface area (Å²) in [5.41, 5.74) is 2.80. The fourth-order valence-electron chi connectivity index (χ4n) is 3.42. The van der Waals surface area contributed by atoms with E-state index in [4.69, 9.17) is 0 Å². The molecule has 1 amide bonds. The summed E-state index contributed by atoms with van der Waals surface area (Å²) in [6.45, 7) is 6.35. The first-order chi connectivity index (χ1) is 12.7. The second kappa shape index (κ2) is 7.64. The van der Waals surface area contributed by atoms with E-state index in [-0.39, 0.29) is 5.91 Å². The van der Waals surface area contributed by atoms with Crippen molar-refractivity contribution < 1.29 is 4.79 Å². The van der Waals surface area contributed by atoms with Crippen LogP contribution in [0.25, 0.3) is 6.08 Å². The van der Waals surface area contributed by atoms with E-state index < -0.39 is 0 Å². The maximum absolute atomic E-state index is 12.3. The van der Waals surface area contributed by atoms with Crippen molar-refractivity contribution in [1.82, 2.24) is 4.90 Å². The molecule has 0 radical (unpaired) electrons. The number of piperazine rings is 1. The number of hydrogen-bond donors (Lipinski definition) is 1. The lowest BCUT2D eigenvalue weighted by Crippen LogP contribution is -2.47. The van der Waals surface area contributed by atoms with Gasteiger partial charge in [0.1, 0.15) is 0 Å². The maximum Gasteiger partial charge on any atom is 0.251 e. The quantitative estimate of drug-likeness (QED) is 0.809. The molecule has 1 aliphatic heterocycles. The van der Waals surface area contributed by atoms with Gasteiger partial charge in [-0.2, -0.15) is 0 Å². The average molecular weight is 368 g/mol. The smallest absolute Gasteiger partial charge is 0.251 e. The molecule has 0 spiro atoms. The Balaban J connectivity index is 1.33. The van der Waals surface area contributed by atoms with Crippen molar-refractivity contribution in [3.63, 3.8) is 0 Å². The predicted octanol–water partition coefficient (Wildman–Crippen LogP) is 4.07. The molecule has 0 atom stereocenters. The van der Waals surface area contributed by atoms with Gasteiger partial charge in [0.05, 0.1) is 0 Å². The Hall–Kier alpha value is -2.11. The molecule has 26 heavy (non-hydrogen) atoms. The monoisotopic (exact) mass is 367 g/mol. The molecule has 0 bridgehead atoms. The van der Waals surface area contributed by atoms with Gasteiger partial charge in [0.2, 0.25) is 0 Å². The van der Waals surface area contributed by atoms with Crippen LogP contribution in [-0.2, 0) is 4.79 Å². The van der Waals surface area contributed by atoms with Gasteiger partial charge in [-0.3, -0.25) is 9.69 Å². The van der Waals surface area contributed by atoms with Crippen LogP contribution in [-0.4, -0.2) is 43.0 Å². The van der Waals surface area contributed by atoms with E-state index >= 15 is 0 Å². The van der Waals surface area contributed by atoms with Gasteiger partial charge in [-0.1, -0.05) is 6.07 Å². The summed E-state index contributed by atoms with van der Waals surface area (Å²) in [5, 5.41) is 5.00. The van der Waals surface area contributed by atoms with Crippen LogP contribution in [0.5, 0.6) is 0 Å². The zero-order valence-electron chi connectivity index (χ0n) is 15.1. The molecule has 2 aromatic rings. The van der Waals surface area contributed by atoms with E-state index in [0.717, 1.165) is 42.8 Å². The summed E-state index contributed by atoms with van der Waals surface area (Å²) >= 11 is 1.63. The second-order valence-corrected chi connectivity index (χ2v) is 8.08. The van der Waals surface area contributed by atoms with Gasteiger partial charge in [-0.15, -0.1) is 11.3 Å². The van der Waals surface area contributed by atoms with Crippen molar-refractivity contribution in [2.45, 2.75) is 25.8 Å². The zero-order chi connectivity index (χ0) is 17.9. The molecule has 136 valence electrons. The molecule has 1 aromatic carbocycles. The molecule has 1 saturated heterocycles. The van der Waals surface area contributed by atoms with Crippen molar-refractivity contribution in [1.29, 1.82) is 0 Å². The Morgan fingerprint density at radius 2 is 1.85 bits per heavy atom. The fourth-order valence-corrected chi connectivity index (χ4v) is 4.14. The summed E-state index contributed by atoms with van der Waals surface area (Å²) in [4.78, 5) is 18.5. The normalized spacial score (nSPS) is 18.8. The number of carbonyl (C=O) groups is 1. The number of amides is 1. The van der Waals surface area contributed by atoms with Crippen molar-refractivity contribution >= 4 is 34.7 Å². The molecule has 2 aliphatic rings. The number of anilines is 2. The fraction of sp³-hybridized carbons (Fsp3) is 0.381. The SMILES string of the molecule is C/C(=C\c1cccs1)C(=O)Nc1ccc(N2CCN(C3CC3)CC2)cc1. The van der Waals surface area contributed by atoms with Gasteiger partial charge < -0.3 is 10.2 Å². The highest BCUT2D eigenvalue weighted by Crippen LogP contribution is 2.28. The Labute approximate surface area is 159 Å². The number of nitrogens with one attached hydrogen (secondary N) is 1. The zero-order valence-corrected chi connectivity index (χ0v) is 16.0. The highest BCUT2D eigenvalue weighted by molar-refractivity contribution is 7.10. The summed E-state index contributed by atoms with van der Waals surface area (Å²) in [7, 11) is 0. The molecule has 2 fully saturated rings. The van der Waals surface area contributed by atoms with Gasteiger partial charge in [-0.05, 0) is 61.6 Å². The largest absolute Gasteiger partial charge is 0.369 e. The van der Waals surface area contributed by atoms with Crippen molar-refractivity contribution in [2.75, 3.05) is 36.4 Å². The number of benzene rings is 1. The highest BCUT2D eigenvalue weighted by Gasteiger charge is 2.31. The van der Waals surface area contributed by atoms with Gasteiger partial charge in [-0.25, -0.2) is 0 Å². The number of hydrogen-bond acceptors (Lipinski definition) is 4. The molecule has 1 aliphatic carbocycles. The molecule has 5 heteroatoms. The minimum atomic E-state index is -0.0517. The first-order valence-electron chi connectivity index (χ1n) is 9.31. The Morgan fingerprint density at radius 3 is 2.46 bits per heavy atom. The van der Waals surface area contributed by atoms with E-state index in [1.807, 2.05) is 42.6 Å². The first kappa shape index (κ1) is 17.3.